The van der Waals surface area contributed by atoms with Gasteiger partial charge in [-0.3, -0.25) is 0 Å². The highest BCUT2D eigenvalue weighted by Crippen LogP contribution is 2.32. The molecule has 1 aliphatic carbocycles. The third-order valence-corrected chi connectivity index (χ3v) is 1.39. The minimum atomic E-state index is 1.15. The molecule has 0 saturated heterocycles. The Kier molecular flexibility index (Phi) is 6.06. The first-order valence-electron chi connectivity index (χ1n) is 3.93. The Balaban J connectivity index is 0.000000187. The van der Waals surface area contributed by atoms with E-state index in [1.165, 1.54) is 25.7 Å². The molecule has 1 nitrogen and oxygen atoms in total. The Bertz CT molecular complexity index is 48.5. The van der Waals surface area contributed by atoms with Crippen LogP contribution in [0.15, 0.2) is 0 Å². The summed E-state index contributed by atoms with van der Waals surface area (Å²) in [7, 11) is 3.75. The first-order chi connectivity index (χ1) is 4.35. The molecule has 0 amide bonds. The fraction of sp³-hybridized carbons (Fsp3) is 1.00. The Labute approximate surface area is 58.8 Å². The third kappa shape index (κ3) is 7.96. The van der Waals surface area contributed by atoms with E-state index >= 15 is 0 Å². The number of hydrogen-bond acceptors (Lipinski definition) is 1. The van der Waals surface area contributed by atoms with Crippen molar-refractivity contribution < 1.29 is 0 Å². The minimum absolute atomic E-state index is 1.15. The van der Waals surface area contributed by atoms with E-state index in [0.717, 1.165) is 5.92 Å². The standard InChI is InChI=1S/C6H12.C2H7N/c1-2-3-6-4-5-6;1-3-2/h6H,2-5H2,1H3;3H,1-2H3. The van der Waals surface area contributed by atoms with Gasteiger partial charge in [-0.2, -0.15) is 0 Å². The van der Waals surface area contributed by atoms with Gasteiger partial charge in [0.05, 0.1) is 0 Å². The van der Waals surface area contributed by atoms with Gasteiger partial charge in [0.15, 0.2) is 0 Å². The molecule has 56 valence electrons. The monoisotopic (exact) mass is 129 g/mol. The van der Waals surface area contributed by atoms with Crippen LogP contribution in [-0.4, -0.2) is 14.1 Å². The summed E-state index contributed by atoms with van der Waals surface area (Å²) in [5, 5.41) is 2.75. The van der Waals surface area contributed by atoms with E-state index in [4.69, 9.17) is 0 Å². The van der Waals surface area contributed by atoms with E-state index in [0.29, 0.717) is 0 Å². The lowest BCUT2D eigenvalue weighted by Gasteiger charge is -1.82. The van der Waals surface area contributed by atoms with Crippen LogP contribution in [0.25, 0.3) is 0 Å². The quantitative estimate of drug-likeness (QED) is 0.601. The van der Waals surface area contributed by atoms with Crippen LogP contribution in [0.1, 0.15) is 32.6 Å². The van der Waals surface area contributed by atoms with Gasteiger partial charge in [0, 0.05) is 0 Å². The zero-order valence-electron chi connectivity index (χ0n) is 6.91. The van der Waals surface area contributed by atoms with Crippen molar-refractivity contribution in [3.05, 3.63) is 0 Å². The smallest absolute Gasteiger partial charge is 0.0167 e. The van der Waals surface area contributed by atoms with Gasteiger partial charge in [-0.25, -0.2) is 0 Å². The Hall–Kier alpha value is -0.0400. The number of hydrogen-bond donors (Lipinski definition) is 1. The van der Waals surface area contributed by atoms with Gasteiger partial charge in [-0.05, 0) is 20.0 Å². The Morgan fingerprint density at radius 3 is 1.89 bits per heavy atom. The van der Waals surface area contributed by atoms with E-state index in [9.17, 15) is 0 Å². The average molecular weight is 129 g/mol. The fourth-order valence-corrected chi connectivity index (χ4v) is 0.815. The summed E-state index contributed by atoms with van der Waals surface area (Å²) >= 11 is 0. The summed E-state index contributed by atoms with van der Waals surface area (Å²) in [5.74, 6) is 1.15. The molecular formula is C8H19N. The maximum absolute atomic E-state index is 2.75. The summed E-state index contributed by atoms with van der Waals surface area (Å²) in [4.78, 5) is 0. The van der Waals surface area contributed by atoms with Crippen molar-refractivity contribution in [1.82, 2.24) is 5.32 Å². The molecule has 0 aromatic heterocycles. The lowest BCUT2D eigenvalue weighted by atomic mass is 10.2. The predicted octanol–water partition coefficient (Wildman–Crippen LogP) is 2.03. The molecule has 1 fully saturated rings. The Morgan fingerprint density at radius 1 is 1.33 bits per heavy atom. The van der Waals surface area contributed by atoms with Crippen LogP contribution in [0.5, 0.6) is 0 Å². The van der Waals surface area contributed by atoms with Gasteiger partial charge in [0.25, 0.3) is 0 Å². The summed E-state index contributed by atoms with van der Waals surface area (Å²) in [6, 6.07) is 0. The number of rotatable bonds is 2. The van der Waals surface area contributed by atoms with Gasteiger partial charge in [-0.1, -0.05) is 32.6 Å². The van der Waals surface area contributed by atoms with E-state index in [1.807, 2.05) is 14.1 Å². The maximum Gasteiger partial charge on any atom is -0.0167 e. The van der Waals surface area contributed by atoms with Crippen molar-refractivity contribution in [1.29, 1.82) is 0 Å². The van der Waals surface area contributed by atoms with Gasteiger partial charge >= 0.3 is 0 Å². The molecule has 0 aromatic rings. The largest absolute Gasteiger partial charge is 0.323 e. The second-order valence-electron chi connectivity index (χ2n) is 2.73. The molecule has 0 bridgehead atoms. The van der Waals surface area contributed by atoms with E-state index in [1.54, 1.807) is 0 Å². The molecule has 1 saturated carbocycles. The van der Waals surface area contributed by atoms with Crippen molar-refractivity contribution in [2.45, 2.75) is 32.6 Å². The highest BCUT2D eigenvalue weighted by atomic mass is 14.7. The van der Waals surface area contributed by atoms with Crippen molar-refractivity contribution in [3.63, 3.8) is 0 Å². The lowest BCUT2D eigenvalue weighted by Crippen LogP contribution is -1.89. The average Bonchev–Trinajstić information content (AvgIpc) is 2.53. The molecule has 0 spiro atoms. The highest BCUT2D eigenvalue weighted by molar-refractivity contribution is 4.71. The molecule has 0 heterocycles. The number of nitrogens with one attached hydrogen (secondary N) is 1. The maximum atomic E-state index is 2.75. The molecule has 1 heteroatoms. The summed E-state index contributed by atoms with van der Waals surface area (Å²) in [6.45, 7) is 2.26. The van der Waals surface area contributed by atoms with E-state index < -0.39 is 0 Å². The van der Waals surface area contributed by atoms with Crippen molar-refractivity contribution in [3.8, 4) is 0 Å². The minimum Gasteiger partial charge on any atom is -0.323 e. The van der Waals surface area contributed by atoms with Crippen LogP contribution >= 0.6 is 0 Å². The second-order valence-corrected chi connectivity index (χ2v) is 2.73. The first kappa shape index (κ1) is 8.96. The second kappa shape index (κ2) is 6.09. The van der Waals surface area contributed by atoms with Gasteiger partial charge < -0.3 is 5.32 Å². The predicted molar refractivity (Wildman–Crippen MR) is 42.6 cm³/mol. The molecule has 0 aromatic carbocycles. The molecule has 0 aliphatic heterocycles. The molecule has 9 heavy (non-hydrogen) atoms. The van der Waals surface area contributed by atoms with Crippen molar-refractivity contribution in [2.75, 3.05) is 14.1 Å². The van der Waals surface area contributed by atoms with E-state index in [-0.39, 0.29) is 0 Å². The van der Waals surface area contributed by atoms with Gasteiger partial charge in [-0.15, -0.1) is 0 Å². The summed E-state index contributed by atoms with van der Waals surface area (Å²) in [5.41, 5.74) is 0. The van der Waals surface area contributed by atoms with Crippen LogP contribution in [0.2, 0.25) is 0 Å². The normalized spacial score (nSPS) is 16.3. The summed E-state index contributed by atoms with van der Waals surface area (Å²) in [6.07, 6.45) is 5.92. The first-order valence-corrected chi connectivity index (χ1v) is 3.93. The van der Waals surface area contributed by atoms with Crippen molar-refractivity contribution in [2.24, 2.45) is 5.92 Å². The fourth-order valence-electron chi connectivity index (χ4n) is 0.815. The van der Waals surface area contributed by atoms with Gasteiger partial charge in [0.2, 0.25) is 0 Å². The van der Waals surface area contributed by atoms with Crippen LogP contribution in [0, 0.1) is 5.92 Å². The van der Waals surface area contributed by atoms with Gasteiger partial charge in [0.1, 0.15) is 0 Å². The molecule has 0 unspecified atom stereocenters. The Morgan fingerprint density at radius 2 is 1.78 bits per heavy atom. The third-order valence-electron chi connectivity index (χ3n) is 1.39. The van der Waals surface area contributed by atoms with Crippen LogP contribution in [0.3, 0.4) is 0 Å². The molecule has 1 N–H and O–H groups in total. The summed E-state index contributed by atoms with van der Waals surface area (Å²) < 4.78 is 0. The van der Waals surface area contributed by atoms with Crippen LogP contribution in [-0.2, 0) is 0 Å². The molecule has 1 aliphatic rings. The molecule has 1 rings (SSSR count). The van der Waals surface area contributed by atoms with Crippen LogP contribution < -0.4 is 5.32 Å². The highest BCUT2D eigenvalue weighted by Gasteiger charge is 2.18. The molecule has 0 atom stereocenters. The lowest BCUT2D eigenvalue weighted by molar-refractivity contribution is 0.708. The zero-order chi connectivity index (χ0) is 7.11. The zero-order valence-corrected chi connectivity index (χ0v) is 6.91. The molecular weight excluding hydrogens is 110 g/mol. The topological polar surface area (TPSA) is 12.0 Å². The van der Waals surface area contributed by atoms with E-state index in [2.05, 4.69) is 12.2 Å². The van der Waals surface area contributed by atoms with Crippen LogP contribution in [0.4, 0.5) is 0 Å². The molecule has 0 radical (unpaired) electrons. The SMILES string of the molecule is CCCC1CC1.CNC. The van der Waals surface area contributed by atoms with Crippen molar-refractivity contribution >= 4 is 0 Å².